The van der Waals surface area contributed by atoms with E-state index in [1.165, 1.54) is 44.6 Å². The molecule has 5 heteroatoms. The van der Waals surface area contributed by atoms with Crippen LogP contribution in [0.5, 0.6) is 0 Å². The van der Waals surface area contributed by atoms with Crippen molar-refractivity contribution in [2.24, 2.45) is 0 Å². The highest BCUT2D eigenvalue weighted by Gasteiger charge is 2.47. The Kier molecular flexibility index (Phi) is 6.20. The second-order valence-electron chi connectivity index (χ2n) is 8.21. The Hall–Kier alpha value is -1.88. The molecule has 27 heavy (non-hydrogen) atoms. The Balaban J connectivity index is 1.76. The number of likely N-dealkylation sites (N-methyl/N-ethyl adjacent to an activating group) is 1. The minimum absolute atomic E-state index is 0.0461. The van der Waals surface area contributed by atoms with Gasteiger partial charge in [-0.05, 0) is 43.9 Å². The zero-order valence-corrected chi connectivity index (χ0v) is 17.0. The molecular formula is C22H33N3O2. The summed E-state index contributed by atoms with van der Waals surface area (Å²) in [7, 11) is 0. The van der Waals surface area contributed by atoms with Gasteiger partial charge in [-0.2, -0.15) is 0 Å². The summed E-state index contributed by atoms with van der Waals surface area (Å²) in [6.45, 7) is 7.96. The van der Waals surface area contributed by atoms with Crippen molar-refractivity contribution in [3.05, 3.63) is 29.8 Å². The number of anilines is 1. The summed E-state index contributed by atoms with van der Waals surface area (Å²) >= 11 is 0. The van der Waals surface area contributed by atoms with Crippen molar-refractivity contribution in [1.82, 2.24) is 9.80 Å². The third-order valence-corrected chi connectivity index (χ3v) is 6.34. The molecule has 0 aromatic heterocycles. The highest BCUT2D eigenvalue weighted by atomic mass is 16.2. The lowest BCUT2D eigenvalue weighted by Crippen LogP contribution is -2.44. The molecule has 1 saturated heterocycles. The van der Waals surface area contributed by atoms with E-state index < -0.39 is 0 Å². The predicted octanol–water partition coefficient (Wildman–Crippen LogP) is 3.79. The van der Waals surface area contributed by atoms with Crippen molar-refractivity contribution in [2.45, 2.75) is 77.4 Å². The number of hydrogen-bond acceptors (Lipinski definition) is 3. The smallest absolute Gasteiger partial charge is 0.221 e. The molecule has 1 aromatic carbocycles. The van der Waals surface area contributed by atoms with Gasteiger partial charge in [0.1, 0.15) is 0 Å². The normalized spacial score (nSPS) is 22.0. The molecule has 1 N–H and O–H groups in total. The number of likely N-dealkylation sites (tertiary alicyclic amines) is 1. The van der Waals surface area contributed by atoms with E-state index in [-0.39, 0.29) is 17.4 Å². The van der Waals surface area contributed by atoms with Gasteiger partial charge in [-0.3, -0.25) is 14.5 Å². The fourth-order valence-electron chi connectivity index (χ4n) is 5.11. The van der Waals surface area contributed by atoms with E-state index in [4.69, 9.17) is 0 Å². The molecule has 3 rings (SSSR count). The van der Waals surface area contributed by atoms with Crippen LogP contribution in [-0.2, 0) is 16.1 Å². The first kappa shape index (κ1) is 19.9. The Labute approximate surface area is 163 Å². The zero-order chi connectivity index (χ0) is 19.4. The van der Waals surface area contributed by atoms with E-state index in [0.29, 0.717) is 6.04 Å². The number of rotatable bonds is 5. The summed E-state index contributed by atoms with van der Waals surface area (Å²) in [6.07, 6.45) is 7.49. The van der Waals surface area contributed by atoms with Crippen molar-refractivity contribution in [2.75, 3.05) is 18.4 Å². The first-order valence-electron chi connectivity index (χ1n) is 10.3. The topological polar surface area (TPSA) is 52.7 Å². The Morgan fingerprint density at radius 2 is 1.81 bits per heavy atom. The van der Waals surface area contributed by atoms with Crippen LogP contribution in [0.1, 0.15) is 64.9 Å². The van der Waals surface area contributed by atoms with Gasteiger partial charge in [0.05, 0.1) is 0 Å². The van der Waals surface area contributed by atoms with E-state index in [1.807, 2.05) is 12.1 Å². The third kappa shape index (κ3) is 4.52. The Bertz CT molecular complexity index is 665. The standard InChI is InChI=1S/C22H33N3O2/c1-4-25(18(3)27)21-14-22(12-6-5-7-13-22)24(16-21)15-19-8-10-20(11-9-19)23-17(2)26/h8-11,21H,4-7,12-16H2,1-3H3,(H,23,26)/t21-/m1/s1. The molecule has 1 heterocycles. The maximum Gasteiger partial charge on any atom is 0.221 e. The zero-order valence-electron chi connectivity index (χ0n) is 17.0. The van der Waals surface area contributed by atoms with Crippen LogP contribution in [0.4, 0.5) is 5.69 Å². The first-order chi connectivity index (χ1) is 12.9. The molecule has 0 bridgehead atoms. The second kappa shape index (κ2) is 8.42. The largest absolute Gasteiger partial charge is 0.339 e. The molecule has 1 saturated carbocycles. The average molecular weight is 372 g/mol. The molecular weight excluding hydrogens is 338 g/mol. The van der Waals surface area contributed by atoms with E-state index in [9.17, 15) is 9.59 Å². The fraction of sp³-hybridized carbons (Fsp3) is 0.636. The van der Waals surface area contributed by atoms with Crippen LogP contribution in [-0.4, -0.2) is 46.3 Å². The number of nitrogens with one attached hydrogen (secondary N) is 1. The van der Waals surface area contributed by atoms with Crippen LogP contribution in [0.15, 0.2) is 24.3 Å². The van der Waals surface area contributed by atoms with Crippen LogP contribution in [0.25, 0.3) is 0 Å². The van der Waals surface area contributed by atoms with E-state index >= 15 is 0 Å². The van der Waals surface area contributed by atoms with Gasteiger partial charge in [-0.25, -0.2) is 0 Å². The van der Waals surface area contributed by atoms with Gasteiger partial charge >= 0.3 is 0 Å². The maximum atomic E-state index is 12.1. The molecule has 0 unspecified atom stereocenters. The van der Waals surface area contributed by atoms with Gasteiger partial charge in [0, 0.05) is 50.7 Å². The monoisotopic (exact) mass is 371 g/mol. The van der Waals surface area contributed by atoms with E-state index in [1.54, 1.807) is 6.92 Å². The van der Waals surface area contributed by atoms with Crippen molar-refractivity contribution in [3.63, 3.8) is 0 Å². The van der Waals surface area contributed by atoms with Crippen LogP contribution in [0, 0.1) is 0 Å². The van der Waals surface area contributed by atoms with Gasteiger partial charge in [0.15, 0.2) is 0 Å². The molecule has 1 spiro atoms. The number of carbonyl (C=O) groups excluding carboxylic acids is 2. The molecule has 2 amide bonds. The van der Waals surface area contributed by atoms with Crippen LogP contribution < -0.4 is 5.32 Å². The Morgan fingerprint density at radius 3 is 2.37 bits per heavy atom. The highest BCUT2D eigenvalue weighted by molar-refractivity contribution is 5.88. The average Bonchev–Trinajstić information content (AvgIpc) is 2.94. The summed E-state index contributed by atoms with van der Waals surface area (Å²) < 4.78 is 0. The maximum absolute atomic E-state index is 12.1. The Morgan fingerprint density at radius 1 is 1.15 bits per heavy atom. The molecule has 1 atom stereocenters. The van der Waals surface area contributed by atoms with Gasteiger partial charge in [-0.15, -0.1) is 0 Å². The summed E-state index contributed by atoms with van der Waals surface area (Å²) in [6, 6.07) is 8.50. The SMILES string of the molecule is CCN(C(C)=O)[C@H]1CN(Cc2ccc(NC(C)=O)cc2)C2(CCCCC2)C1. The van der Waals surface area contributed by atoms with Crippen LogP contribution >= 0.6 is 0 Å². The minimum atomic E-state index is -0.0461. The number of benzene rings is 1. The number of carbonyl (C=O) groups is 2. The van der Waals surface area contributed by atoms with Crippen molar-refractivity contribution >= 4 is 17.5 Å². The van der Waals surface area contributed by atoms with Gasteiger partial charge in [0.25, 0.3) is 0 Å². The molecule has 2 aliphatic rings. The van der Waals surface area contributed by atoms with Crippen LogP contribution in [0.3, 0.4) is 0 Å². The molecule has 1 aliphatic carbocycles. The van der Waals surface area contributed by atoms with Crippen molar-refractivity contribution in [3.8, 4) is 0 Å². The second-order valence-corrected chi connectivity index (χ2v) is 8.21. The third-order valence-electron chi connectivity index (χ3n) is 6.34. The lowest BCUT2D eigenvalue weighted by atomic mass is 9.79. The van der Waals surface area contributed by atoms with Crippen LogP contribution in [0.2, 0.25) is 0 Å². The van der Waals surface area contributed by atoms with Gasteiger partial charge in [-0.1, -0.05) is 31.4 Å². The quantitative estimate of drug-likeness (QED) is 0.857. The molecule has 5 nitrogen and oxygen atoms in total. The van der Waals surface area contributed by atoms with Crippen molar-refractivity contribution in [1.29, 1.82) is 0 Å². The summed E-state index contributed by atoms with van der Waals surface area (Å²) in [5.41, 5.74) is 2.34. The molecule has 1 aliphatic heterocycles. The van der Waals surface area contributed by atoms with Crippen molar-refractivity contribution < 1.29 is 9.59 Å². The minimum Gasteiger partial charge on any atom is -0.339 e. The molecule has 0 radical (unpaired) electrons. The lowest BCUT2D eigenvalue weighted by molar-refractivity contribution is -0.130. The number of hydrogen-bond donors (Lipinski definition) is 1. The summed E-state index contributed by atoms with van der Waals surface area (Å²) in [4.78, 5) is 28.0. The fourth-order valence-corrected chi connectivity index (χ4v) is 5.11. The van der Waals surface area contributed by atoms with Gasteiger partial charge < -0.3 is 10.2 Å². The molecule has 148 valence electrons. The summed E-state index contributed by atoms with van der Waals surface area (Å²) in [5.74, 6) is 0.144. The van der Waals surface area contributed by atoms with Gasteiger partial charge in [0.2, 0.25) is 11.8 Å². The number of nitrogens with zero attached hydrogens (tertiary/aromatic N) is 2. The predicted molar refractivity (Wildman–Crippen MR) is 108 cm³/mol. The molecule has 1 aromatic rings. The van der Waals surface area contributed by atoms with E-state index in [2.05, 4.69) is 34.2 Å². The first-order valence-corrected chi connectivity index (χ1v) is 10.3. The molecule has 2 fully saturated rings. The van der Waals surface area contributed by atoms with E-state index in [0.717, 1.165) is 31.7 Å². The highest BCUT2D eigenvalue weighted by Crippen LogP contribution is 2.43. The summed E-state index contributed by atoms with van der Waals surface area (Å²) in [5, 5.41) is 2.83. The lowest BCUT2D eigenvalue weighted by Gasteiger charge is -2.41. The number of amides is 2.